The minimum Gasteiger partial charge on any atom is -0.325 e. The lowest BCUT2D eigenvalue weighted by molar-refractivity contribution is -0.575. The Hall–Kier alpha value is -3.34. The quantitative estimate of drug-likeness (QED) is 0.513. The van der Waals surface area contributed by atoms with E-state index in [1.165, 1.54) is 6.20 Å². The zero-order valence-electron chi connectivity index (χ0n) is 19.0. The second-order valence-corrected chi connectivity index (χ2v) is 11.0. The highest BCUT2D eigenvalue weighted by molar-refractivity contribution is 7.85. The van der Waals surface area contributed by atoms with Gasteiger partial charge in [0, 0.05) is 30.5 Å². The second kappa shape index (κ2) is 7.91. The van der Waals surface area contributed by atoms with E-state index in [0.717, 1.165) is 21.2 Å². The third-order valence-electron chi connectivity index (χ3n) is 5.50. The van der Waals surface area contributed by atoms with Crippen LogP contribution in [0.2, 0.25) is 0 Å². The number of amidine groups is 1. The topological polar surface area (TPSA) is 120 Å². The molecule has 0 atom stereocenters. The van der Waals surface area contributed by atoms with Crippen molar-refractivity contribution in [2.24, 2.45) is 4.99 Å². The van der Waals surface area contributed by atoms with E-state index in [-0.39, 0.29) is 17.3 Å². The fourth-order valence-corrected chi connectivity index (χ4v) is 5.32. The van der Waals surface area contributed by atoms with E-state index >= 15 is 0 Å². The molecular weight excluding hydrogens is 440 g/mol. The van der Waals surface area contributed by atoms with Crippen LogP contribution in [-0.2, 0) is 10.0 Å². The van der Waals surface area contributed by atoms with Crippen molar-refractivity contribution in [2.45, 2.75) is 57.9 Å². The number of nitrogens with zero attached hydrogens (tertiary/aromatic N) is 6. The molecule has 3 aromatic heterocycles. The molecular formula is C22H27N8O2S+. The number of nitrogens with one attached hydrogen (secondary N) is 2. The first kappa shape index (κ1) is 21.5. The highest BCUT2D eigenvalue weighted by atomic mass is 32.2. The first-order valence-corrected chi connectivity index (χ1v) is 12.6. The van der Waals surface area contributed by atoms with Crippen LogP contribution in [0.3, 0.4) is 0 Å². The minimum atomic E-state index is -3.37. The van der Waals surface area contributed by atoms with Crippen LogP contribution in [0.25, 0.3) is 11.4 Å². The molecule has 0 bridgehead atoms. The van der Waals surface area contributed by atoms with Gasteiger partial charge in [0.2, 0.25) is 6.20 Å². The molecule has 4 heterocycles. The van der Waals surface area contributed by atoms with Gasteiger partial charge in [0.05, 0.1) is 17.4 Å². The van der Waals surface area contributed by atoms with Gasteiger partial charge in [-0.05, 0) is 50.7 Å². The van der Waals surface area contributed by atoms with Crippen molar-refractivity contribution < 1.29 is 12.5 Å². The molecule has 172 valence electrons. The lowest BCUT2D eigenvalue weighted by Crippen LogP contribution is -2.46. The molecule has 2 N–H and O–H groups in total. The largest absolute Gasteiger partial charge is 0.393 e. The minimum absolute atomic E-state index is 0.206. The van der Waals surface area contributed by atoms with Crippen LogP contribution in [-0.4, -0.2) is 51.6 Å². The van der Waals surface area contributed by atoms with Gasteiger partial charge in [-0.2, -0.15) is 13.5 Å². The predicted molar refractivity (Wildman–Crippen MR) is 126 cm³/mol. The lowest BCUT2D eigenvalue weighted by atomic mass is 10.0. The summed E-state index contributed by atoms with van der Waals surface area (Å²) in [6.07, 6.45) is 7.98. The molecule has 3 aromatic rings. The molecule has 0 amide bonds. The average Bonchev–Trinajstić information content (AvgIpc) is 3.49. The average molecular weight is 468 g/mol. The smallest absolute Gasteiger partial charge is 0.325 e. The Kier molecular flexibility index (Phi) is 5.15. The predicted octanol–water partition coefficient (Wildman–Crippen LogP) is 2.62. The summed E-state index contributed by atoms with van der Waals surface area (Å²) < 4.78 is 26.0. The standard InChI is InChI=1S/C22H26N8O2S/c1-13(2)26-22-17-11-24-20(9-18(17)30(22)14(3)4)27-19-7-8-23-21(28-19)15-10-25-29(12-15)33(31,32)16-5-6-16/h7-14,16H,5-6H2,1-4H3,(H,23,24,26,27,28)/p+1. The number of pyridine rings is 1. The Morgan fingerprint density at radius 1 is 1.21 bits per heavy atom. The number of hydrogen-bond donors (Lipinski definition) is 2. The van der Waals surface area contributed by atoms with Crippen LogP contribution >= 0.6 is 0 Å². The van der Waals surface area contributed by atoms with Gasteiger partial charge in [0.15, 0.2) is 5.82 Å². The zero-order chi connectivity index (χ0) is 23.3. The van der Waals surface area contributed by atoms with E-state index in [2.05, 4.69) is 58.0 Å². The van der Waals surface area contributed by atoms with Crippen molar-refractivity contribution in [3.8, 4) is 11.4 Å². The third-order valence-corrected chi connectivity index (χ3v) is 7.57. The summed E-state index contributed by atoms with van der Waals surface area (Å²) in [6, 6.07) is 4.22. The van der Waals surface area contributed by atoms with Gasteiger partial charge in [-0.25, -0.2) is 15.0 Å². The number of aromatic nitrogens is 5. The summed E-state index contributed by atoms with van der Waals surface area (Å²) in [4.78, 5) is 20.3. The zero-order valence-corrected chi connectivity index (χ0v) is 19.8. The first-order valence-electron chi connectivity index (χ1n) is 11.1. The van der Waals surface area contributed by atoms with E-state index in [0.29, 0.717) is 35.9 Å². The van der Waals surface area contributed by atoms with Gasteiger partial charge < -0.3 is 10.2 Å². The molecule has 0 spiro atoms. The van der Waals surface area contributed by atoms with Gasteiger partial charge >= 0.3 is 10.0 Å². The van der Waals surface area contributed by atoms with Gasteiger partial charge in [0.25, 0.3) is 0 Å². The third kappa shape index (κ3) is 3.97. The van der Waals surface area contributed by atoms with Crippen LogP contribution < -0.4 is 14.3 Å². The Morgan fingerprint density at radius 2 is 2.00 bits per heavy atom. The first-order chi connectivity index (χ1) is 15.7. The maximum absolute atomic E-state index is 12.4. The van der Waals surface area contributed by atoms with E-state index in [1.807, 2.05) is 12.3 Å². The summed E-state index contributed by atoms with van der Waals surface area (Å²) in [5.74, 6) is 2.62. The van der Waals surface area contributed by atoms with Crippen molar-refractivity contribution in [1.29, 1.82) is 0 Å². The number of H-pyrrole nitrogens is 1. The van der Waals surface area contributed by atoms with E-state index < -0.39 is 10.0 Å². The van der Waals surface area contributed by atoms with Gasteiger partial charge in [-0.15, -0.1) is 0 Å². The molecule has 0 unspecified atom stereocenters. The van der Waals surface area contributed by atoms with E-state index in [9.17, 15) is 8.42 Å². The Bertz CT molecular complexity index is 1340. The van der Waals surface area contributed by atoms with Crippen LogP contribution in [0.15, 0.2) is 41.9 Å². The molecule has 1 aliphatic heterocycles. The Balaban J connectivity index is 1.39. The van der Waals surface area contributed by atoms with Gasteiger partial charge in [0.1, 0.15) is 28.3 Å². The molecule has 11 heteroatoms. The number of fused-ring (bicyclic) bond motifs is 1. The molecule has 0 aromatic carbocycles. The second-order valence-electron chi connectivity index (χ2n) is 8.89. The van der Waals surface area contributed by atoms with Crippen LogP contribution in [0.1, 0.15) is 46.1 Å². The van der Waals surface area contributed by atoms with Crippen LogP contribution in [0.4, 0.5) is 17.3 Å². The molecule has 1 aliphatic carbocycles. The van der Waals surface area contributed by atoms with Crippen molar-refractivity contribution >= 4 is 33.2 Å². The van der Waals surface area contributed by atoms with E-state index in [1.54, 1.807) is 18.5 Å². The molecule has 33 heavy (non-hydrogen) atoms. The maximum Gasteiger partial charge on any atom is 0.393 e. The van der Waals surface area contributed by atoms with Crippen LogP contribution in [0.5, 0.6) is 0 Å². The number of aromatic amines is 1. The molecule has 10 nitrogen and oxygen atoms in total. The van der Waals surface area contributed by atoms with Crippen molar-refractivity contribution in [1.82, 2.24) is 20.1 Å². The van der Waals surface area contributed by atoms with Crippen molar-refractivity contribution in [3.05, 3.63) is 42.5 Å². The molecule has 1 saturated carbocycles. The van der Waals surface area contributed by atoms with Crippen molar-refractivity contribution in [2.75, 3.05) is 10.2 Å². The fourth-order valence-electron chi connectivity index (χ4n) is 3.80. The molecule has 2 aliphatic rings. The van der Waals surface area contributed by atoms with Crippen molar-refractivity contribution in [3.63, 3.8) is 0 Å². The van der Waals surface area contributed by atoms with Gasteiger partial charge in [-0.1, -0.05) is 0 Å². The fraction of sp³-hybridized carbons (Fsp3) is 0.409. The number of rotatable bonds is 7. The normalized spacial score (nSPS) is 16.9. The summed E-state index contributed by atoms with van der Waals surface area (Å²) >= 11 is 0. The number of hydrogen-bond acceptors (Lipinski definition) is 7. The summed E-state index contributed by atoms with van der Waals surface area (Å²) in [5.41, 5.74) is 2.71. The molecule has 0 saturated heterocycles. The Morgan fingerprint density at radius 3 is 2.70 bits per heavy atom. The number of aliphatic imine (C=N–C) groups is 1. The van der Waals surface area contributed by atoms with Crippen LogP contribution in [0, 0.1) is 0 Å². The summed E-state index contributed by atoms with van der Waals surface area (Å²) in [5, 5.41) is 5.72. The number of anilines is 3. The Labute approximate surface area is 192 Å². The monoisotopic (exact) mass is 467 g/mol. The molecule has 1 fully saturated rings. The molecule has 5 rings (SSSR count). The summed E-state index contributed by atoms with van der Waals surface area (Å²) in [7, 11) is -3.37. The lowest BCUT2D eigenvalue weighted by Gasteiger charge is -2.40. The van der Waals surface area contributed by atoms with E-state index in [4.69, 9.17) is 4.99 Å². The van der Waals surface area contributed by atoms with Gasteiger partial charge in [-0.3, -0.25) is 4.99 Å². The summed E-state index contributed by atoms with van der Waals surface area (Å²) in [6.45, 7) is 8.39. The molecule has 0 radical (unpaired) electrons. The maximum atomic E-state index is 12.4. The highest BCUT2D eigenvalue weighted by Gasteiger charge is 2.44. The SMILES string of the molecule is CC(C)N=C1c2cnc(Nc3ccnc(-c4c[nH][n+](S(=O)(=O)C5CC5)c4)n3)cc2N1C(C)C. The highest BCUT2D eigenvalue weighted by Crippen LogP contribution is 2.37.